The number of aliphatic hydroxyl groups excluding tert-OH is 1. The smallest absolute Gasteiger partial charge is 0.317 e. The van der Waals surface area contributed by atoms with Crippen molar-refractivity contribution in [2.24, 2.45) is 0 Å². The number of rotatable bonds is 4. The van der Waals surface area contributed by atoms with Gasteiger partial charge in [-0.25, -0.2) is 4.79 Å². The fourth-order valence-corrected chi connectivity index (χ4v) is 4.10. The number of hydrogen-bond donors (Lipinski definition) is 3. The lowest BCUT2D eigenvalue weighted by Crippen LogP contribution is -2.48. The number of likely N-dealkylation sites (tertiary alicyclic amines) is 1. The lowest BCUT2D eigenvalue weighted by Gasteiger charge is -2.38. The molecule has 2 aliphatic rings. The monoisotopic (exact) mass is 332 g/mol. The van der Waals surface area contributed by atoms with E-state index >= 15 is 0 Å². The van der Waals surface area contributed by atoms with Crippen LogP contribution >= 0.6 is 0 Å². The highest BCUT2D eigenvalue weighted by atomic mass is 16.3. The predicted octanol–water partition coefficient (Wildman–Crippen LogP) is 2.03. The molecule has 0 unspecified atom stereocenters. The molecule has 5 heteroatoms. The molecule has 3 rings (SSSR count). The number of nitrogens with one attached hydrogen (secondary N) is 1. The predicted molar refractivity (Wildman–Crippen MR) is 92.8 cm³/mol. The number of benzene rings is 1. The van der Waals surface area contributed by atoms with Crippen LogP contribution in [0.2, 0.25) is 0 Å². The number of hydrogen-bond acceptors (Lipinski definition) is 3. The molecule has 1 aromatic carbocycles. The van der Waals surface area contributed by atoms with Gasteiger partial charge in [0.1, 0.15) is 5.60 Å². The summed E-state index contributed by atoms with van der Waals surface area (Å²) < 4.78 is 0. The van der Waals surface area contributed by atoms with Crippen molar-refractivity contribution in [3.63, 3.8) is 0 Å². The maximum absolute atomic E-state index is 12.5. The Morgan fingerprint density at radius 2 is 1.83 bits per heavy atom. The van der Waals surface area contributed by atoms with Crippen LogP contribution in [0.1, 0.15) is 44.1 Å². The second kappa shape index (κ2) is 7.11. The van der Waals surface area contributed by atoms with Crippen LogP contribution in [0.25, 0.3) is 0 Å². The van der Waals surface area contributed by atoms with Crippen molar-refractivity contribution < 1.29 is 15.0 Å². The topological polar surface area (TPSA) is 72.8 Å². The highest BCUT2D eigenvalue weighted by molar-refractivity contribution is 5.74. The molecule has 1 heterocycles. The first-order valence-corrected chi connectivity index (χ1v) is 8.99. The number of β-amino-alcohol motifs (C(OH)–C–C–N with tert-alkyl or cyclic N) is 1. The van der Waals surface area contributed by atoms with Crippen molar-refractivity contribution in [2.75, 3.05) is 26.2 Å². The summed E-state index contributed by atoms with van der Waals surface area (Å²) in [6.45, 7) is 1.02. The van der Waals surface area contributed by atoms with Crippen LogP contribution in [0, 0.1) is 0 Å². The van der Waals surface area contributed by atoms with Gasteiger partial charge in [0.05, 0.1) is 13.2 Å². The van der Waals surface area contributed by atoms with Gasteiger partial charge in [0.2, 0.25) is 0 Å². The molecule has 24 heavy (non-hydrogen) atoms. The summed E-state index contributed by atoms with van der Waals surface area (Å²) in [4.78, 5) is 14.1. The highest BCUT2D eigenvalue weighted by Crippen LogP contribution is 2.39. The van der Waals surface area contributed by atoms with Crippen LogP contribution in [0.5, 0.6) is 0 Å². The molecule has 1 atom stereocenters. The molecule has 0 spiro atoms. The second-order valence-corrected chi connectivity index (χ2v) is 7.42. The largest absolute Gasteiger partial charge is 0.393 e. The summed E-state index contributed by atoms with van der Waals surface area (Å²) in [6, 6.07) is 10.3. The van der Waals surface area contributed by atoms with E-state index < -0.39 is 5.60 Å². The van der Waals surface area contributed by atoms with Gasteiger partial charge >= 0.3 is 6.03 Å². The molecular formula is C19H28N2O3. The van der Waals surface area contributed by atoms with Gasteiger partial charge in [-0.3, -0.25) is 0 Å². The molecule has 5 nitrogen and oxygen atoms in total. The Kier molecular flexibility index (Phi) is 5.11. The Hall–Kier alpha value is -1.59. The van der Waals surface area contributed by atoms with Crippen molar-refractivity contribution in [1.82, 2.24) is 10.2 Å². The van der Waals surface area contributed by atoms with E-state index in [0.717, 1.165) is 12.8 Å². The number of amides is 2. The third kappa shape index (κ3) is 3.57. The van der Waals surface area contributed by atoms with Gasteiger partial charge in [-0.05, 0) is 24.8 Å². The quantitative estimate of drug-likeness (QED) is 0.790. The third-order valence-electron chi connectivity index (χ3n) is 5.69. The Labute approximate surface area is 143 Å². The molecule has 3 N–H and O–H groups in total. The SMILES string of the molecule is O=C(NCC1(c2ccccc2)CCCCC1)N1CC[C@](O)(CO)C1. The maximum Gasteiger partial charge on any atom is 0.317 e. The molecule has 1 saturated carbocycles. The van der Waals surface area contributed by atoms with Gasteiger partial charge in [0, 0.05) is 18.5 Å². The van der Waals surface area contributed by atoms with Crippen LogP contribution in [-0.4, -0.2) is 53.0 Å². The number of urea groups is 1. The first-order valence-electron chi connectivity index (χ1n) is 8.99. The van der Waals surface area contributed by atoms with Crippen LogP contribution in [0.15, 0.2) is 30.3 Å². The van der Waals surface area contributed by atoms with Crippen molar-refractivity contribution in [3.05, 3.63) is 35.9 Å². The van der Waals surface area contributed by atoms with Gasteiger partial charge in [-0.1, -0.05) is 49.6 Å². The van der Waals surface area contributed by atoms with Gasteiger partial charge in [-0.2, -0.15) is 0 Å². The molecule has 1 saturated heterocycles. The molecule has 0 aromatic heterocycles. The average Bonchev–Trinajstić information content (AvgIpc) is 3.04. The maximum atomic E-state index is 12.5. The van der Waals surface area contributed by atoms with Crippen LogP contribution in [0.3, 0.4) is 0 Å². The Bertz CT molecular complexity index is 557. The van der Waals surface area contributed by atoms with E-state index in [4.69, 9.17) is 0 Å². The number of carbonyl (C=O) groups excluding carboxylic acids is 1. The van der Waals surface area contributed by atoms with Crippen molar-refractivity contribution in [2.45, 2.75) is 49.5 Å². The minimum Gasteiger partial charge on any atom is -0.393 e. The van der Waals surface area contributed by atoms with E-state index in [9.17, 15) is 15.0 Å². The first-order chi connectivity index (χ1) is 11.6. The fraction of sp³-hybridized carbons (Fsp3) is 0.632. The van der Waals surface area contributed by atoms with Crippen LogP contribution in [-0.2, 0) is 5.41 Å². The second-order valence-electron chi connectivity index (χ2n) is 7.42. The summed E-state index contributed by atoms with van der Waals surface area (Å²) in [6.07, 6.45) is 6.27. The summed E-state index contributed by atoms with van der Waals surface area (Å²) in [5.41, 5.74) is 0.180. The zero-order chi connectivity index (χ0) is 17.0. The van der Waals surface area contributed by atoms with Gasteiger partial charge in [0.25, 0.3) is 0 Å². The lowest BCUT2D eigenvalue weighted by molar-refractivity contribution is -0.00284. The number of aliphatic hydroxyl groups is 2. The molecule has 0 bridgehead atoms. The normalized spacial score (nSPS) is 26.3. The molecule has 132 valence electrons. The third-order valence-corrected chi connectivity index (χ3v) is 5.69. The zero-order valence-corrected chi connectivity index (χ0v) is 14.2. The molecule has 1 aliphatic heterocycles. The molecule has 1 aliphatic carbocycles. The average molecular weight is 332 g/mol. The van der Waals surface area contributed by atoms with E-state index in [-0.39, 0.29) is 24.6 Å². The van der Waals surface area contributed by atoms with Crippen molar-refractivity contribution >= 4 is 6.03 Å². The Morgan fingerprint density at radius 1 is 1.12 bits per heavy atom. The summed E-state index contributed by atoms with van der Waals surface area (Å²) in [7, 11) is 0. The minimum absolute atomic E-state index is 0.0160. The Balaban J connectivity index is 1.65. The molecular weight excluding hydrogens is 304 g/mol. The fourth-order valence-electron chi connectivity index (χ4n) is 4.10. The van der Waals surface area contributed by atoms with Gasteiger partial charge in [-0.15, -0.1) is 0 Å². The minimum atomic E-state index is -1.14. The summed E-state index contributed by atoms with van der Waals surface area (Å²) >= 11 is 0. The highest BCUT2D eigenvalue weighted by Gasteiger charge is 2.39. The summed E-state index contributed by atoms with van der Waals surface area (Å²) in [5, 5.41) is 22.4. The van der Waals surface area contributed by atoms with E-state index in [2.05, 4.69) is 29.6 Å². The number of nitrogens with zero attached hydrogens (tertiary/aromatic N) is 1. The van der Waals surface area contributed by atoms with Gasteiger partial charge < -0.3 is 20.4 Å². The zero-order valence-electron chi connectivity index (χ0n) is 14.2. The lowest BCUT2D eigenvalue weighted by atomic mass is 9.69. The molecule has 0 radical (unpaired) electrons. The molecule has 2 amide bonds. The molecule has 2 fully saturated rings. The first kappa shape index (κ1) is 17.2. The van der Waals surface area contributed by atoms with Crippen LogP contribution in [0.4, 0.5) is 4.79 Å². The van der Waals surface area contributed by atoms with Crippen molar-refractivity contribution in [3.8, 4) is 0 Å². The van der Waals surface area contributed by atoms with Gasteiger partial charge in [0.15, 0.2) is 0 Å². The van der Waals surface area contributed by atoms with E-state index in [1.165, 1.54) is 24.8 Å². The Morgan fingerprint density at radius 3 is 2.46 bits per heavy atom. The number of carbonyl (C=O) groups is 1. The molecule has 1 aromatic rings. The summed E-state index contributed by atoms with van der Waals surface area (Å²) in [5.74, 6) is 0. The van der Waals surface area contributed by atoms with Crippen molar-refractivity contribution in [1.29, 1.82) is 0 Å². The van der Waals surface area contributed by atoms with E-state index in [1.807, 2.05) is 6.07 Å². The van der Waals surface area contributed by atoms with Crippen LogP contribution < -0.4 is 5.32 Å². The van der Waals surface area contributed by atoms with E-state index in [1.54, 1.807) is 4.90 Å². The standard InChI is InChI=1S/C19H28N2O3/c22-15-19(24)11-12-21(14-19)17(23)20-13-18(9-5-2-6-10-18)16-7-3-1-4-8-16/h1,3-4,7-8,22,24H,2,5-6,9-15H2,(H,20,23)/t19-/m1/s1. The van der Waals surface area contributed by atoms with E-state index in [0.29, 0.717) is 19.5 Å².